The summed E-state index contributed by atoms with van der Waals surface area (Å²) in [6, 6.07) is 3.32. The maximum Gasteiger partial charge on any atom is 0.513 e. The fraction of sp³-hybridized carbons (Fsp3) is 0.333. The molecule has 0 atom stereocenters. The molecule has 1 aromatic carbocycles. The Bertz CT molecular complexity index is 386. The average Bonchev–Trinajstić information content (AvgIpc) is 2.23. The summed E-state index contributed by atoms with van der Waals surface area (Å²) in [4.78, 5) is 21.8. The maximum absolute atomic E-state index is 11.2. The molecule has 86 valence electrons. The van der Waals surface area contributed by atoms with Crippen LogP contribution in [0.15, 0.2) is 12.1 Å². The van der Waals surface area contributed by atoms with Crippen LogP contribution in [0.4, 0.5) is 4.79 Å². The van der Waals surface area contributed by atoms with Gasteiger partial charge in [0, 0.05) is 5.56 Å². The zero-order valence-corrected chi connectivity index (χ0v) is 9.57. The maximum atomic E-state index is 11.2. The largest absolute Gasteiger partial charge is 0.513 e. The molecule has 0 saturated heterocycles. The number of aldehydes is 1. The topological polar surface area (TPSA) is 52.6 Å². The predicted molar refractivity (Wildman–Crippen MR) is 59.0 cm³/mol. The van der Waals surface area contributed by atoms with Gasteiger partial charge in [-0.1, -0.05) is 0 Å². The zero-order valence-electron chi connectivity index (χ0n) is 9.57. The molecule has 1 rings (SSSR count). The minimum Gasteiger partial charge on any atom is -0.434 e. The van der Waals surface area contributed by atoms with Gasteiger partial charge in [-0.2, -0.15) is 0 Å². The first-order valence-corrected chi connectivity index (χ1v) is 4.99. The van der Waals surface area contributed by atoms with Crippen LogP contribution < -0.4 is 4.74 Å². The molecule has 0 aliphatic heterocycles. The molecule has 0 saturated carbocycles. The Morgan fingerprint density at radius 3 is 2.31 bits per heavy atom. The van der Waals surface area contributed by atoms with Crippen LogP contribution in [0.2, 0.25) is 0 Å². The lowest BCUT2D eigenvalue weighted by molar-refractivity contribution is 0.104. The van der Waals surface area contributed by atoms with Crippen LogP contribution in [0.3, 0.4) is 0 Å². The highest BCUT2D eigenvalue weighted by Crippen LogP contribution is 2.24. The first-order valence-electron chi connectivity index (χ1n) is 4.99. The van der Waals surface area contributed by atoms with Gasteiger partial charge in [-0.05, 0) is 44.0 Å². The van der Waals surface area contributed by atoms with Crippen molar-refractivity contribution in [1.29, 1.82) is 0 Å². The molecule has 0 bridgehead atoms. The Hall–Kier alpha value is -1.84. The van der Waals surface area contributed by atoms with Gasteiger partial charge in [-0.25, -0.2) is 4.79 Å². The molecular weight excluding hydrogens is 208 g/mol. The molecule has 0 aromatic heterocycles. The Kier molecular flexibility index (Phi) is 4.05. The number of carbonyl (C=O) groups excluding carboxylic acids is 2. The second-order valence-corrected chi connectivity index (χ2v) is 3.39. The number of hydrogen-bond acceptors (Lipinski definition) is 4. The first-order chi connectivity index (χ1) is 7.58. The molecular formula is C12H14O4. The number of benzene rings is 1. The van der Waals surface area contributed by atoms with Gasteiger partial charge in [0.15, 0.2) is 0 Å². The number of rotatable bonds is 3. The van der Waals surface area contributed by atoms with Gasteiger partial charge in [0.2, 0.25) is 0 Å². The van der Waals surface area contributed by atoms with Crippen molar-refractivity contribution in [1.82, 2.24) is 0 Å². The quantitative estimate of drug-likeness (QED) is 0.448. The summed E-state index contributed by atoms with van der Waals surface area (Å²) in [5.41, 5.74) is 2.02. The SMILES string of the molecule is CCOC(=O)Oc1c(C)cc(C=O)cc1C. The summed E-state index contributed by atoms with van der Waals surface area (Å²) in [5, 5.41) is 0. The molecule has 0 spiro atoms. The summed E-state index contributed by atoms with van der Waals surface area (Å²) >= 11 is 0. The fourth-order valence-corrected chi connectivity index (χ4v) is 1.44. The van der Waals surface area contributed by atoms with Crippen molar-refractivity contribution in [2.24, 2.45) is 0 Å². The summed E-state index contributed by atoms with van der Waals surface area (Å²) in [6.07, 6.45) is 0.0290. The molecule has 4 nitrogen and oxygen atoms in total. The first kappa shape index (κ1) is 12.2. The molecule has 0 aliphatic rings. The van der Waals surface area contributed by atoms with Crippen molar-refractivity contribution in [2.45, 2.75) is 20.8 Å². The van der Waals surface area contributed by atoms with Crippen LogP contribution in [-0.4, -0.2) is 19.0 Å². The minimum absolute atomic E-state index is 0.267. The van der Waals surface area contributed by atoms with Crippen LogP contribution in [0.5, 0.6) is 5.75 Å². The van der Waals surface area contributed by atoms with E-state index in [1.54, 1.807) is 32.9 Å². The second-order valence-electron chi connectivity index (χ2n) is 3.39. The summed E-state index contributed by atoms with van der Waals surface area (Å²) < 4.78 is 9.72. The van der Waals surface area contributed by atoms with E-state index in [2.05, 4.69) is 4.74 Å². The fourth-order valence-electron chi connectivity index (χ4n) is 1.44. The normalized spacial score (nSPS) is 9.69. The van der Waals surface area contributed by atoms with Gasteiger partial charge in [-0.15, -0.1) is 0 Å². The Morgan fingerprint density at radius 1 is 1.31 bits per heavy atom. The summed E-state index contributed by atoms with van der Waals surface area (Å²) in [5.74, 6) is 0.448. The Morgan fingerprint density at radius 2 is 1.88 bits per heavy atom. The highest BCUT2D eigenvalue weighted by molar-refractivity contribution is 5.77. The number of aryl methyl sites for hydroxylation is 2. The monoisotopic (exact) mass is 222 g/mol. The van der Waals surface area contributed by atoms with E-state index in [4.69, 9.17) is 4.74 Å². The molecule has 4 heteroatoms. The van der Waals surface area contributed by atoms with Gasteiger partial charge >= 0.3 is 6.16 Å². The van der Waals surface area contributed by atoms with E-state index in [0.717, 1.165) is 17.4 Å². The van der Waals surface area contributed by atoms with E-state index in [9.17, 15) is 9.59 Å². The van der Waals surface area contributed by atoms with Crippen molar-refractivity contribution < 1.29 is 19.1 Å². The van der Waals surface area contributed by atoms with Crippen LogP contribution >= 0.6 is 0 Å². The van der Waals surface area contributed by atoms with Crippen molar-refractivity contribution in [3.05, 3.63) is 28.8 Å². The highest BCUT2D eigenvalue weighted by atomic mass is 16.7. The molecule has 0 aliphatic carbocycles. The van der Waals surface area contributed by atoms with Crippen LogP contribution in [0.25, 0.3) is 0 Å². The van der Waals surface area contributed by atoms with Crippen molar-refractivity contribution in [3.8, 4) is 5.75 Å². The van der Waals surface area contributed by atoms with E-state index in [0.29, 0.717) is 11.3 Å². The molecule has 16 heavy (non-hydrogen) atoms. The van der Waals surface area contributed by atoms with Crippen molar-refractivity contribution >= 4 is 12.4 Å². The zero-order chi connectivity index (χ0) is 12.1. The Balaban J connectivity index is 2.96. The molecule has 0 fully saturated rings. The molecule has 0 unspecified atom stereocenters. The summed E-state index contributed by atoms with van der Waals surface area (Å²) in [6.45, 7) is 5.52. The van der Waals surface area contributed by atoms with Gasteiger partial charge in [-0.3, -0.25) is 4.79 Å². The third-order valence-electron chi connectivity index (χ3n) is 2.07. The van der Waals surface area contributed by atoms with Crippen LogP contribution in [0, 0.1) is 13.8 Å². The standard InChI is InChI=1S/C12H14O4/c1-4-15-12(14)16-11-8(2)5-10(7-13)6-9(11)3/h5-7H,4H2,1-3H3. The second kappa shape index (κ2) is 5.30. The predicted octanol–water partition coefficient (Wildman–Crippen LogP) is 2.65. The lowest BCUT2D eigenvalue weighted by Crippen LogP contribution is -2.11. The van der Waals surface area contributed by atoms with Gasteiger partial charge < -0.3 is 9.47 Å². The highest BCUT2D eigenvalue weighted by Gasteiger charge is 2.11. The van der Waals surface area contributed by atoms with Gasteiger partial charge in [0.05, 0.1) is 6.61 Å². The number of hydrogen-bond donors (Lipinski definition) is 0. The van der Waals surface area contributed by atoms with E-state index in [-0.39, 0.29) is 6.61 Å². The third-order valence-corrected chi connectivity index (χ3v) is 2.07. The molecule has 0 radical (unpaired) electrons. The molecule has 0 N–H and O–H groups in total. The summed E-state index contributed by atoms with van der Waals surface area (Å²) in [7, 11) is 0. The van der Waals surface area contributed by atoms with Crippen molar-refractivity contribution in [2.75, 3.05) is 6.61 Å². The smallest absolute Gasteiger partial charge is 0.434 e. The van der Waals surface area contributed by atoms with E-state index in [1.807, 2.05) is 0 Å². The third kappa shape index (κ3) is 2.82. The lowest BCUT2D eigenvalue weighted by atomic mass is 10.1. The van der Waals surface area contributed by atoms with Gasteiger partial charge in [0.1, 0.15) is 12.0 Å². The van der Waals surface area contributed by atoms with E-state index < -0.39 is 6.16 Å². The number of ether oxygens (including phenoxy) is 2. The molecule has 0 amide bonds. The lowest BCUT2D eigenvalue weighted by Gasteiger charge is -2.10. The average molecular weight is 222 g/mol. The molecule has 0 heterocycles. The van der Waals surface area contributed by atoms with Gasteiger partial charge in [0.25, 0.3) is 0 Å². The molecule has 1 aromatic rings. The van der Waals surface area contributed by atoms with Crippen molar-refractivity contribution in [3.63, 3.8) is 0 Å². The van der Waals surface area contributed by atoms with Crippen LogP contribution in [-0.2, 0) is 4.74 Å². The van der Waals surface area contributed by atoms with Crippen LogP contribution in [0.1, 0.15) is 28.4 Å². The number of carbonyl (C=O) groups is 2. The van der Waals surface area contributed by atoms with E-state index >= 15 is 0 Å². The van der Waals surface area contributed by atoms with E-state index in [1.165, 1.54) is 0 Å². The Labute approximate surface area is 94.2 Å². The minimum atomic E-state index is -0.729.